The molecule has 4 nitrogen and oxygen atoms in total. The van der Waals surface area contributed by atoms with Crippen LogP contribution in [0.1, 0.15) is 18.4 Å². The van der Waals surface area contributed by atoms with Crippen molar-refractivity contribution in [1.29, 1.82) is 0 Å². The number of carbonyl (C=O) groups is 2. The zero-order chi connectivity index (χ0) is 17.0. The number of piperidine rings is 1. The molecule has 1 aromatic carbocycles. The molecule has 0 atom stereocenters. The van der Waals surface area contributed by atoms with Crippen LogP contribution in [-0.4, -0.2) is 41.8 Å². The van der Waals surface area contributed by atoms with Gasteiger partial charge in [-0.3, -0.25) is 9.59 Å². The third kappa shape index (κ3) is 4.41. The van der Waals surface area contributed by atoms with Gasteiger partial charge in [0.05, 0.1) is 0 Å². The average molecular weight is 383 g/mol. The summed E-state index contributed by atoms with van der Waals surface area (Å²) in [5, 5.41) is 0. The fourth-order valence-electron chi connectivity index (χ4n) is 2.79. The van der Waals surface area contributed by atoms with Gasteiger partial charge in [-0.2, -0.15) is 0 Å². The lowest BCUT2D eigenvalue weighted by Crippen LogP contribution is -2.42. The van der Waals surface area contributed by atoms with Crippen LogP contribution >= 0.6 is 15.9 Å². The van der Waals surface area contributed by atoms with Gasteiger partial charge < -0.3 is 9.80 Å². The first-order valence-electron chi connectivity index (χ1n) is 7.52. The molecule has 0 saturated carbocycles. The lowest BCUT2D eigenvalue weighted by molar-refractivity contribution is -0.138. The van der Waals surface area contributed by atoms with Crippen molar-refractivity contribution in [1.82, 2.24) is 9.80 Å². The Morgan fingerprint density at radius 3 is 2.70 bits per heavy atom. The first kappa shape index (κ1) is 17.7. The Bertz CT molecular complexity index is 613. The van der Waals surface area contributed by atoms with Crippen molar-refractivity contribution in [2.75, 3.05) is 20.1 Å². The van der Waals surface area contributed by atoms with E-state index in [1.807, 2.05) is 0 Å². The number of rotatable bonds is 4. The maximum Gasteiger partial charge on any atom is 0.245 e. The highest BCUT2D eigenvalue weighted by Gasteiger charge is 2.28. The van der Waals surface area contributed by atoms with Gasteiger partial charge in [-0.1, -0.05) is 22.5 Å². The Morgan fingerprint density at radius 1 is 1.43 bits per heavy atom. The minimum absolute atomic E-state index is 0.00456. The van der Waals surface area contributed by atoms with E-state index in [2.05, 4.69) is 22.5 Å². The number of amides is 2. The van der Waals surface area contributed by atoms with Gasteiger partial charge >= 0.3 is 0 Å². The second-order valence-electron chi connectivity index (χ2n) is 5.73. The summed E-state index contributed by atoms with van der Waals surface area (Å²) >= 11 is 3.31. The summed E-state index contributed by atoms with van der Waals surface area (Å²) in [6.07, 6.45) is 2.55. The molecular weight excluding hydrogens is 363 g/mol. The number of carbonyl (C=O) groups excluding carboxylic acids is 2. The van der Waals surface area contributed by atoms with E-state index in [0.29, 0.717) is 31.5 Å². The molecule has 0 radical (unpaired) electrons. The van der Waals surface area contributed by atoms with E-state index in [4.69, 9.17) is 0 Å². The van der Waals surface area contributed by atoms with Crippen molar-refractivity contribution >= 4 is 27.7 Å². The summed E-state index contributed by atoms with van der Waals surface area (Å²) in [5.41, 5.74) is 0.481. The Morgan fingerprint density at radius 2 is 2.09 bits per heavy atom. The molecule has 0 aliphatic carbocycles. The monoisotopic (exact) mass is 382 g/mol. The molecule has 0 bridgehead atoms. The Balaban J connectivity index is 1.94. The lowest BCUT2D eigenvalue weighted by Gasteiger charge is -2.32. The molecule has 0 spiro atoms. The largest absolute Gasteiger partial charge is 0.341 e. The standard InChI is InChI=1S/C17H20BrFN2O2/c1-3-16(22)21-8-6-12(7-9-21)17(23)20(2)11-13-10-14(18)4-5-15(13)19/h3-5,10,12H,1,6-9,11H2,2H3. The third-order valence-corrected chi connectivity index (χ3v) is 4.62. The zero-order valence-corrected chi connectivity index (χ0v) is 14.7. The second kappa shape index (κ2) is 7.73. The van der Waals surface area contributed by atoms with Crippen LogP contribution in [0, 0.1) is 11.7 Å². The molecule has 1 aromatic rings. The van der Waals surface area contributed by atoms with Crippen molar-refractivity contribution in [3.05, 3.63) is 46.7 Å². The number of hydrogen-bond donors (Lipinski definition) is 0. The van der Waals surface area contributed by atoms with Crippen molar-refractivity contribution in [3.63, 3.8) is 0 Å². The molecular formula is C17H20BrFN2O2. The molecule has 1 aliphatic heterocycles. The number of nitrogens with zero attached hydrogens (tertiary/aromatic N) is 2. The minimum Gasteiger partial charge on any atom is -0.341 e. The molecule has 124 valence electrons. The number of halogens is 2. The van der Waals surface area contributed by atoms with Crippen molar-refractivity contribution in [2.45, 2.75) is 19.4 Å². The van der Waals surface area contributed by atoms with Crippen molar-refractivity contribution in [3.8, 4) is 0 Å². The second-order valence-corrected chi connectivity index (χ2v) is 6.65. The molecule has 0 unspecified atom stereocenters. The summed E-state index contributed by atoms with van der Waals surface area (Å²) in [6, 6.07) is 4.70. The summed E-state index contributed by atoms with van der Waals surface area (Å²) in [7, 11) is 1.68. The Labute approximate surface area is 144 Å². The van der Waals surface area contributed by atoms with E-state index in [1.165, 1.54) is 12.1 Å². The van der Waals surface area contributed by atoms with Gasteiger partial charge in [0.1, 0.15) is 5.82 Å². The molecule has 1 aliphatic rings. The predicted octanol–water partition coefficient (Wildman–Crippen LogP) is 2.97. The highest BCUT2D eigenvalue weighted by molar-refractivity contribution is 9.10. The molecule has 23 heavy (non-hydrogen) atoms. The van der Waals surface area contributed by atoms with Crippen LogP contribution in [0.25, 0.3) is 0 Å². The highest BCUT2D eigenvalue weighted by Crippen LogP contribution is 2.22. The van der Waals surface area contributed by atoms with Crippen LogP contribution in [0.3, 0.4) is 0 Å². The van der Waals surface area contributed by atoms with Crippen LogP contribution in [0.15, 0.2) is 35.3 Å². The van der Waals surface area contributed by atoms with Gasteiger partial charge in [0.25, 0.3) is 0 Å². The molecule has 1 fully saturated rings. The van der Waals surface area contributed by atoms with Gasteiger partial charge in [0, 0.05) is 42.6 Å². The molecule has 1 saturated heterocycles. The van der Waals surface area contributed by atoms with E-state index in [-0.39, 0.29) is 30.1 Å². The first-order chi connectivity index (χ1) is 10.9. The number of benzene rings is 1. The maximum atomic E-state index is 13.8. The van der Waals surface area contributed by atoms with Crippen LogP contribution in [0.4, 0.5) is 4.39 Å². The van der Waals surface area contributed by atoms with Gasteiger partial charge in [0.2, 0.25) is 11.8 Å². The molecule has 6 heteroatoms. The van der Waals surface area contributed by atoms with Gasteiger partial charge in [0.15, 0.2) is 0 Å². The summed E-state index contributed by atoms with van der Waals surface area (Å²) in [5.74, 6) is -0.543. The fraction of sp³-hybridized carbons (Fsp3) is 0.412. The highest BCUT2D eigenvalue weighted by atomic mass is 79.9. The smallest absolute Gasteiger partial charge is 0.245 e. The van der Waals surface area contributed by atoms with Gasteiger partial charge in [-0.05, 0) is 37.1 Å². The van der Waals surface area contributed by atoms with Gasteiger partial charge in [-0.25, -0.2) is 4.39 Å². The zero-order valence-electron chi connectivity index (χ0n) is 13.1. The van der Waals surface area contributed by atoms with E-state index in [9.17, 15) is 14.0 Å². The van der Waals surface area contributed by atoms with E-state index >= 15 is 0 Å². The van der Waals surface area contributed by atoms with Crippen LogP contribution in [-0.2, 0) is 16.1 Å². The average Bonchev–Trinajstić information content (AvgIpc) is 2.56. The Hall–Kier alpha value is -1.69. The first-order valence-corrected chi connectivity index (χ1v) is 8.32. The Kier molecular flexibility index (Phi) is 5.93. The normalized spacial score (nSPS) is 15.3. The van der Waals surface area contributed by atoms with Gasteiger partial charge in [-0.15, -0.1) is 0 Å². The molecule has 0 aromatic heterocycles. The maximum absolute atomic E-state index is 13.8. The predicted molar refractivity (Wildman–Crippen MR) is 90.1 cm³/mol. The van der Waals surface area contributed by atoms with E-state index < -0.39 is 0 Å². The summed E-state index contributed by atoms with van der Waals surface area (Å²) in [6.45, 7) is 4.82. The lowest BCUT2D eigenvalue weighted by atomic mass is 9.95. The molecule has 2 rings (SSSR count). The van der Waals surface area contributed by atoms with Crippen LogP contribution in [0.2, 0.25) is 0 Å². The number of hydrogen-bond acceptors (Lipinski definition) is 2. The molecule has 1 heterocycles. The quantitative estimate of drug-likeness (QED) is 0.751. The van der Waals surface area contributed by atoms with E-state index in [1.54, 1.807) is 29.0 Å². The SMILES string of the molecule is C=CC(=O)N1CCC(C(=O)N(C)Cc2cc(Br)ccc2F)CC1. The molecule has 0 N–H and O–H groups in total. The molecule has 2 amide bonds. The van der Waals surface area contributed by atoms with Crippen molar-refractivity contribution in [2.24, 2.45) is 5.92 Å². The fourth-order valence-corrected chi connectivity index (χ4v) is 3.19. The third-order valence-electron chi connectivity index (χ3n) is 4.12. The minimum atomic E-state index is -0.320. The topological polar surface area (TPSA) is 40.6 Å². The van der Waals surface area contributed by atoms with Crippen LogP contribution < -0.4 is 0 Å². The van der Waals surface area contributed by atoms with E-state index in [0.717, 1.165) is 4.47 Å². The summed E-state index contributed by atoms with van der Waals surface area (Å²) in [4.78, 5) is 27.3. The summed E-state index contributed by atoms with van der Waals surface area (Å²) < 4.78 is 14.6. The number of likely N-dealkylation sites (tertiary alicyclic amines) is 1. The van der Waals surface area contributed by atoms with Crippen LogP contribution in [0.5, 0.6) is 0 Å². The van der Waals surface area contributed by atoms with Crippen molar-refractivity contribution < 1.29 is 14.0 Å².